The van der Waals surface area contributed by atoms with Crippen molar-refractivity contribution in [3.63, 3.8) is 0 Å². The number of rotatable bonds is 21. The average Bonchev–Trinajstić information content (AvgIpc) is 3.47. The maximum absolute atomic E-state index is 12.4. The van der Waals surface area contributed by atoms with Gasteiger partial charge in [-0.3, -0.25) is 4.79 Å². The summed E-state index contributed by atoms with van der Waals surface area (Å²) in [6.07, 6.45) is 21.2. The number of nitrogens with zero attached hydrogens (tertiary/aromatic N) is 3. The maximum Gasteiger partial charge on any atom is 0.311 e. The number of hydrogen-bond acceptors (Lipinski definition) is 5. The SMILES string of the molecule is C=S(CC)CCC.CCCCCCCCCCCCCCCCCC(=O)Oc1ccc2nn(-c3cc(C)cc(C(C)(C)C)c3O)nc2c1. The van der Waals surface area contributed by atoms with Crippen LogP contribution in [0.5, 0.6) is 11.5 Å². The topological polar surface area (TPSA) is 77.2 Å². The monoisotopic (exact) mass is 681 g/mol. The lowest BCUT2D eigenvalue weighted by molar-refractivity contribution is -0.134. The number of phenolic OH excluding ortho intramolecular Hbond substituents is 1. The van der Waals surface area contributed by atoms with Crippen LogP contribution in [0.25, 0.3) is 16.7 Å². The summed E-state index contributed by atoms with van der Waals surface area (Å²) >= 11 is 0. The number of hydrogen-bond donors (Lipinski definition) is 1. The lowest BCUT2D eigenvalue weighted by Gasteiger charge is -2.22. The molecule has 0 bridgehead atoms. The molecule has 1 aromatic heterocycles. The van der Waals surface area contributed by atoms with E-state index in [0.717, 1.165) is 24.0 Å². The molecule has 48 heavy (non-hydrogen) atoms. The van der Waals surface area contributed by atoms with Crippen molar-refractivity contribution in [2.24, 2.45) is 0 Å². The van der Waals surface area contributed by atoms with E-state index in [1.165, 1.54) is 106 Å². The summed E-state index contributed by atoms with van der Waals surface area (Å²) in [6.45, 7) is 14.9. The number of benzene rings is 2. The first kappa shape index (κ1) is 41.5. The molecule has 0 fully saturated rings. The summed E-state index contributed by atoms with van der Waals surface area (Å²) in [4.78, 5) is 13.9. The Balaban J connectivity index is 0.00000103. The van der Waals surface area contributed by atoms with Gasteiger partial charge in [0.25, 0.3) is 0 Å². The molecule has 0 saturated carbocycles. The number of aromatic nitrogens is 3. The third-order valence-corrected chi connectivity index (χ3v) is 10.5. The van der Waals surface area contributed by atoms with Crippen molar-refractivity contribution in [2.45, 2.75) is 163 Å². The number of fused-ring (bicyclic) bond motifs is 1. The second kappa shape index (κ2) is 22.9. The van der Waals surface area contributed by atoms with Gasteiger partial charge in [0.05, 0.1) is 0 Å². The largest absolute Gasteiger partial charge is 0.505 e. The summed E-state index contributed by atoms with van der Waals surface area (Å²) in [5.41, 5.74) is 3.48. The van der Waals surface area contributed by atoms with Gasteiger partial charge in [-0.1, -0.05) is 143 Å². The van der Waals surface area contributed by atoms with Gasteiger partial charge in [-0.15, -0.1) is 15.0 Å². The predicted octanol–water partition coefficient (Wildman–Crippen LogP) is 12.0. The van der Waals surface area contributed by atoms with Crippen molar-refractivity contribution in [1.82, 2.24) is 15.0 Å². The fraction of sp³-hybridized carbons (Fsp3) is 0.659. The molecule has 3 aromatic rings. The molecule has 6 nitrogen and oxygen atoms in total. The van der Waals surface area contributed by atoms with Gasteiger partial charge in [-0.25, -0.2) is 0 Å². The van der Waals surface area contributed by atoms with E-state index in [1.807, 2.05) is 19.1 Å². The van der Waals surface area contributed by atoms with E-state index in [-0.39, 0.29) is 17.1 Å². The standard InChI is InChI=1S/C35H53N3O3.C6H14S/c1-6-7-8-9-10-11-12-13-14-15-16-17-18-19-20-21-33(39)41-28-22-23-30-31(26-28)37-38(36-30)32-25-27(2)24-29(34(32)40)35(3,4)5;1-4-6-7(3)5-2/h22-26,40H,6-21H2,1-5H3;3-6H2,1-2H3. The number of ether oxygens (including phenoxy) is 1. The zero-order valence-corrected chi connectivity index (χ0v) is 32.4. The number of aromatic hydroxyl groups is 1. The van der Waals surface area contributed by atoms with Gasteiger partial charge in [0, 0.05) is 18.1 Å². The molecule has 0 spiro atoms. The minimum Gasteiger partial charge on any atom is -0.505 e. The first-order valence-corrected chi connectivity index (χ1v) is 20.6. The van der Waals surface area contributed by atoms with Gasteiger partial charge in [0.1, 0.15) is 28.2 Å². The third-order valence-electron chi connectivity index (χ3n) is 8.73. The number of carbonyl (C=O) groups excluding carboxylic acids is 1. The van der Waals surface area contributed by atoms with E-state index in [1.54, 1.807) is 18.2 Å². The third kappa shape index (κ3) is 15.7. The van der Waals surface area contributed by atoms with Crippen LogP contribution in [0.2, 0.25) is 0 Å². The zero-order valence-electron chi connectivity index (χ0n) is 31.5. The molecular weight excluding hydrogens is 615 g/mol. The number of unbranched alkanes of at least 4 members (excludes halogenated alkanes) is 14. The van der Waals surface area contributed by atoms with E-state index in [4.69, 9.17) is 4.74 Å². The van der Waals surface area contributed by atoms with E-state index in [2.05, 4.69) is 57.6 Å². The number of phenols is 1. The Morgan fingerprint density at radius 3 is 1.83 bits per heavy atom. The predicted molar refractivity (Wildman–Crippen MR) is 210 cm³/mol. The lowest BCUT2D eigenvalue weighted by atomic mass is 9.85. The number of carbonyl (C=O) groups is 1. The summed E-state index contributed by atoms with van der Waals surface area (Å²) in [7, 11) is 0.473. The Bertz CT molecular complexity index is 1380. The molecule has 0 aliphatic rings. The van der Waals surface area contributed by atoms with Crippen LogP contribution in [-0.4, -0.2) is 43.4 Å². The Hall–Kier alpha value is -2.67. The van der Waals surface area contributed by atoms with E-state index in [0.29, 0.717) is 39.4 Å². The molecule has 0 saturated heterocycles. The Labute approximate surface area is 295 Å². The summed E-state index contributed by atoms with van der Waals surface area (Å²) in [5, 5.41) is 20.1. The molecule has 0 amide bonds. The lowest BCUT2D eigenvalue weighted by Crippen LogP contribution is -2.13. The van der Waals surface area contributed by atoms with Crippen LogP contribution in [0.1, 0.15) is 162 Å². The first-order chi connectivity index (χ1) is 23.0. The second-order valence-corrected chi connectivity index (χ2v) is 16.6. The van der Waals surface area contributed by atoms with Crippen molar-refractivity contribution in [3.8, 4) is 17.2 Å². The molecule has 1 unspecified atom stereocenters. The van der Waals surface area contributed by atoms with Crippen molar-refractivity contribution < 1.29 is 14.6 Å². The van der Waals surface area contributed by atoms with Crippen molar-refractivity contribution in [3.05, 3.63) is 41.5 Å². The van der Waals surface area contributed by atoms with Gasteiger partial charge in [-0.05, 0) is 60.4 Å². The Kier molecular flexibility index (Phi) is 19.8. The van der Waals surface area contributed by atoms with E-state index in [9.17, 15) is 9.90 Å². The number of esters is 1. The minimum absolute atomic E-state index is 0.179. The van der Waals surface area contributed by atoms with Gasteiger partial charge in [0.2, 0.25) is 0 Å². The van der Waals surface area contributed by atoms with Crippen LogP contribution in [0.3, 0.4) is 0 Å². The highest BCUT2D eigenvalue weighted by Gasteiger charge is 2.22. The van der Waals surface area contributed by atoms with Gasteiger partial charge >= 0.3 is 5.97 Å². The molecule has 1 atom stereocenters. The molecule has 7 heteroatoms. The van der Waals surface area contributed by atoms with Crippen molar-refractivity contribution >= 4 is 33.4 Å². The van der Waals surface area contributed by atoms with Crippen molar-refractivity contribution in [1.29, 1.82) is 0 Å². The zero-order chi connectivity index (χ0) is 35.4. The highest BCUT2D eigenvalue weighted by atomic mass is 32.2. The van der Waals surface area contributed by atoms with Crippen LogP contribution in [0, 0.1) is 6.92 Å². The highest BCUT2D eigenvalue weighted by Crippen LogP contribution is 2.36. The summed E-state index contributed by atoms with van der Waals surface area (Å²) in [6, 6.07) is 9.16. The fourth-order valence-corrected chi connectivity index (χ4v) is 6.67. The summed E-state index contributed by atoms with van der Waals surface area (Å²) < 4.78 is 5.60. The van der Waals surface area contributed by atoms with Crippen LogP contribution < -0.4 is 4.74 Å². The quantitative estimate of drug-likeness (QED) is 0.0524. The summed E-state index contributed by atoms with van der Waals surface area (Å²) in [5.74, 6) is 6.99. The van der Waals surface area contributed by atoms with Crippen LogP contribution >= 0.6 is 10.5 Å². The average molecular weight is 682 g/mol. The van der Waals surface area contributed by atoms with Crippen molar-refractivity contribution in [2.75, 3.05) is 11.5 Å². The Morgan fingerprint density at radius 1 is 0.792 bits per heavy atom. The molecular formula is C41H67N3O3S. The molecule has 1 N–H and O–H groups in total. The molecule has 2 aromatic carbocycles. The first-order valence-electron chi connectivity index (χ1n) is 18.9. The van der Waals surface area contributed by atoms with Gasteiger partial charge in [0.15, 0.2) is 0 Å². The highest BCUT2D eigenvalue weighted by molar-refractivity contribution is 8.14. The normalized spacial score (nSPS) is 12.1. The fourth-order valence-electron chi connectivity index (χ4n) is 5.81. The van der Waals surface area contributed by atoms with Crippen LogP contribution in [0.15, 0.2) is 30.3 Å². The van der Waals surface area contributed by atoms with E-state index < -0.39 is 0 Å². The van der Waals surface area contributed by atoms with E-state index >= 15 is 0 Å². The minimum atomic E-state index is -0.217. The maximum atomic E-state index is 12.4. The van der Waals surface area contributed by atoms with Gasteiger partial charge < -0.3 is 9.84 Å². The molecule has 270 valence electrons. The van der Waals surface area contributed by atoms with Crippen LogP contribution in [0.4, 0.5) is 0 Å². The van der Waals surface area contributed by atoms with Crippen LogP contribution in [-0.2, 0) is 10.2 Å². The van der Waals surface area contributed by atoms with Gasteiger partial charge in [-0.2, -0.15) is 10.5 Å². The second-order valence-electron chi connectivity index (χ2n) is 14.3. The Morgan fingerprint density at radius 2 is 1.33 bits per heavy atom. The molecule has 1 heterocycles. The molecule has 0 aliphatic heterocycles. The molecule has 0 aliphatic carbocycles. The number of aryl methyl sites for hydroxylation is 1. The smallest absolute Gasteiger partial charge is 0.311 e. The molecule has 0 radical (unpaired) electrons. The molecule has 3 rings (SSSR count).